The molecule has 128 valence electrons. The van der Waals surface area contributed by atoms with Crippen LogP contribution in [0.4, 0.5) is 4.79 Å². The zero-order valence-corrected chi connectivity index (χ0v) is 14.6. The molecule has 1 N–H and O–H groups in total. The quantitative estimate of drug-likeness (QED) is 0.907. The molecule has 1 aromatic carbocycles. The number of hydrogen-bond donors (Lipinski definition) is 1. The maximum absolute atomic E-state index is 12.6. The average Bonchev–Trinajstić information content (AvgIpc) is 2.73. The molecular weight excluding hydrogens is 314 g/mol. The van der Waals surface area contributed by atoms with Gasteiger partial charge >= 0.3 is 6.03 Å². The fraction of sp³-hybridized carbons (Fsp3) is 0.562. The first kappa shape index (κ1) is 17.7. The highest BCUT2D eigenvalue weighted by molar-refractivity contribution is 7.88. The number of carbonyl (C=O) groups is 1. The summed E-state index contributed by atoms with van der Waals surface area (Å²) in [4.78, 5) is 13.7. The van der Waals surface area contributed by atoms with Crippen molar-refractivity contribution in [1.29, 1.82) is 0 Å². The minimum Gasteiger partial charge on any atom is -0.336 e. The Labute approximate surface area is 138 Å². The molecule has 2 amide bonds. The third-order valence-corrected chi connectivity index (χ3v) is 5.59. The molecule has 23 heavy (non-hydrogen) atoms. The van der Waals surface area contributed by atoms with Gasteiger partial charge in [-0.05, 0) is 25.8 Å². The summed E-state index contributed by atoms with van der Waals surface area (Å²) in [6, 6.07) is 9.13. The summed E-state index contributed by atoms with van der Waals surface area (Å²) in [5, 5.41) is 2.85. The molecular formula is C16H25N3O3S. The van der Waals surface area contributed by atoms with E-state index in [1.165, 1.54) is 4.31 Å². The minimum absolute atomic E-state index is 0.00598. The van der Waals surface area contributed by atoms with Crippen molar-refractivity contribution in [3.63, 3.8) is 0 Å². The molecule has 0 bridgehead atoms. The Morgan fingerprint density at radius 1 is 1.13 bits per heavy atom. The second-order valence-corrected chi connectivity index (χ2v) is 8.05. The van der Waals surface area contributed by atoms with Gasteiger partial charge in [-0.3, -0.25) is 0 Å². The van der Waals surface area contributed by atoms with E-state index in [1.807, 2.05) is 44.2 Å². The van der Waals surface area contributed by atoms with Crippen LogP contribution in [0.2, 0.25) is 0 Å². The lowest BCUT2D eigenvalue weighted by atomic mass is 10.2. The summed E-state index contributed by atoms with van der Waals surface area (Å²) in [5.41, 5.74) is 0.783. The Morgan fingerprint density at radius 2 is 1.83 bits per heavy atom. The molecule has 0 aromatic heterocycles. The lowest BCUT2D eigenvalue weighted by Crippen LogP contribution is -2.44. The molecule has 1 aliphatic rings. The summed E-state index contributed by atoms with van der Waals surface area (Å²) >= 11 is 0. The van der Waals surface area contributed by atoms with Crippen molar-refractivity contribution in [2.24, 2.45) is 0 Å². The van der Waals surface area contributed by atoms with Gasteiger partial charge in [-0.15, -0.1) is 0 Å². The molecule has 1 saturated heterocycles. The van der Waals surface area contributed by atoms with E-state index in [4.69, 9.17) is 0 Å². The van der Waals surface area contributed by atoms with Crippen LogP contribution in [0.15, 0.2) is 30.3 Å². The van der Waals surface area contributed by atoms with Crippen molar-refractivity contribution in [1.82, 2.24) is 14.5 Å². The highest BCUT2D eigenvalue weighted by atomic mass is 32.2. The number of nitrogens with one attached hydrogen (secondary N) is 1. The van der Waals surface area contributed by atoms with Crippen molar-refractivity contribution in [3.05, 3.63) is 35.9 Å². The minimum atomic E-state index is -3.36. The van der Waals surface area contributed by atoms with Gasteiger partial charge in [0.15, 0.2) is 0 Å². The average molecular weight is 339 g/mol. The fourth-order valence-corrected chi connectivity index (χ4v) is 4.15. The van der Waals surface area contributed by atoms with E-state index in [0.29, 0.717) is 32.6 Å². The van der Waals surface area contributed by atoms with Gasteiger partial charge in [-0.25, -0.2) is 13.2 Å². The van der Waals surface area contributed by atoms with Gasteiger partial charge in [-0.1, -0.05) is 30.3 Å². The molecule has 7 heteroatoms. The summed E-state index contributed by atoms with van der Waals surface area (Å²) in [6.45, 7) is 5.63. The van der Waals surface area contributed by atoms with Crippen LogP contribution in [0.5, 0.6) is 0 Å². The Morgan fingerprint density at radius 3 is 2.48 bits per heavy atom. The van der Waals surface area contributed by atoms with Crippen LogP contribution < -0.4 is 5.32 Å². The summed E-state index contributed by atoms with van der Waals surface area (Å²) in [5.74, 6) is 0.00598. The molecule has 0 atom stereocenters. The predicted octanol–water partition coefficient (Wildman–Crippen LogP) is 1.64. The van der Waals surface area contributed by atoms with E-state index < -0.39 is 10.0 Å². The van der Waals surface area contributed by atoms with Gasteiger partial charge in [0.25, 0.3) is 0 Å². The second-order valence-electron chi connectivity index (χ2n) is 6.09. The van der Waals surface area contributed by atoms with Crippen molar-refractivity contribution in [2.75, 3.05) is 26.2 Å². The SMILES string of the molecule is CC(C)NC(=O)N1CCCN(S(=O)(=O)Cc2ccccc2)CC1. The Balaban J connectivity index is 1.98. The first-order valence-corrected chi connectivity index (χ1v) is 9.56. The van der Waals surface area contributed by atoms with Gasteiger partial charge in [0.2, 0.25) is 10.0 Å². The standard InChI is InChI=1S/C16H25N3O3S/c1-14(2)17-16(20)18-9-6-10-19(12-11-18)23(21,22)13-15-7-4-3-5-8-15/h3-5,7-8,14H,6,9-13H2,1-2H3,(H,17,20). The predicted molar refractivity (Wildman–Crippen MR) is 90.5 cm³/mol. The normalized spacial score (nSPS) is 17.1. The molecule has 0 aliphatic carbocycles. The molecule has 2 rings (SSSR count). The molecule has 0 unspecified atom stereocenters. The Hall–Kier alpha value is -1.60. The third-order valence-electron chi connectivity index (χ3n) is 3.74. The number of sulfonamides is 1. The van der Waals surface area contributed by atoms with Gasteiger partial charge < -0.3 is 10.2 Å². The Kier molecular flexibility index (Phi) is 6.01. The first-order chi connectivity index (χ1) is 10.9. The number of nitrogens with zero attached hydrogens (tertiary/aromatic N) is 2. The van der Waals surface area contributed by atoms with E-state index in [-0.39, 0.29) is 17.8 Å². The maximum Gasteiger partial charge on any atom is 0.317 e. The third kappa shape index (κ3) is 5.21. The number of urea groups is 1. The molecule has 0 spiro atoms. The van der Waals surface area contributed by atoms with E-state index in [2.05, 4.69) is 5.32 Å². The van der Waals surface area contributed by atoms with Crippen molar-refractivity contribution in [3.8, 4) is 0 Å². The molecule has 1 aromatic rings. The van der Waals surface area contributed by atoms with Crippen LogP contribution in [0.1, 0.15) is 25.8 Å². The van der Waals surface area contributed by atoms with Gasteiger partial charge in [-0.2, -0.15) is 4.31 Å². The van der Waals surface area contributed by atoms with Gasteiger partial charge in [0, 0.05) is 32.2 Å². The molecule has 0 saturated carbocycles. The van der Waals surface area contributed by atoms with Crippen LogP contribution in [0, 0.1) is 0 Å². The highest BCUT2D eigenvalue weighted by Gasteiger charge is 2.27. The van der Waals surface area contributed by atoms with Crippen molar-refractivity contribution in [2.45, 2.75) is 32.1 Å². The van der Waals surface area contributed by atoms with Crippen molar-refractivity contribution >= 4 is 16.1 Å². The maximum atomic E-state index is 12.6. The lowest BCUT2D eigenvalue weighted by Gasteiger charge is -2.23. The molecule has 6 nitrogen and oxygen atoms in total. The summed E-state index contributed by atoms with van der Waals surface area (Å²) in [6.07, 6.45) is 0.652. The molecule has 1 fully saturated rings. The zero-order valence-electron chi connectivity index (χ0n) is 13.7. The van der Waals surface area contributed by atoms with E-state index in [1.54, 1.807) is 4.90 Å². The summed E-state index contributed by atoms with van der Waals surface area (Å²) < 4.78 is 26.6. The van der Waals surface area contributed by atoms with Crippen LogP contribution in [-0.4, -0.2) is 55.9 Å². The van der Waals surface area contributed by atoms with Crippen LogP contribution in [0.3, 0.4) is 0 Å². The molecule has 1 heterocycles. The zero-order chi connectivity index (χ0) is 16.9. The van der Waals surface area contributed by atoms with Gasteiger partial charge in [0.05, 0.1) is 5.75 Å². The van der Waals surface area contributed by atoms with Crippen LogP contribution in [0.25, 0.3) is 0 Å². The molecule has 0 radical (unpaired) electrons. The van der Waals surface area contributed by atoms with Crippen LogP contribution in [-0.2, 0) is 15.8 Å². The molecule has 1 aliphatic heterocycles. The smallest absolute Gasteiger partial charge is 0.317 e. The number of benzene rings is 1. The topological polar surface area (TPSA) is 69.7 Å². The summed E-state index contributed by atoms with van der Waals surface area (Å²) in [7, 11) is -3.36. The number of amides is 2. The van der Waals surface area contributed by atoms with Gasteiger partial charge in [0.1, 0.15) is 0 Å². The number of rotatable bonds is 4. The number of hydrogen-bond acceptors (Lipinski definition) is 3. The monoisotopic (exact) mass is 339 g/mol. The van der Waals surface area contributed by atoms with E-state index in [0.717, 1.165) is 5.56 Å². The second kappa shape index (κ2) is 7.79. The highest BCUT2D eigenvalue weighted by Crippen LogP contribution is 2.14. The first-order valence-electron chi connectivity index (χ1n) is 7.95. The van der Waals surface area contributed by atoms with E-state index >= 15 is 0 Å². The van der Waals surface area contributed by atoms with E-state index in [9.17, 15) is 13.2 Å². The lowest BCUT2D eigenvalue weighted by molar-refractivity contribution is 0.198. The largest absolute Gasteiger partial charge is 0.336 e. The fourth-order valence-electron chi connectivity index (χ4n) is 2.59. The number of carbonyl (C=O) groups excluding carboxylic acids is 1. The van der Waals surface area contributed by atoms with Crippen LogP contribution >= 0.6 is 0 Å². The van der Waals surface area contributed by atoms with Crippen molar-refractivity contribution < 1.29 is 13.2 Å². The Bertz CT molecular complexity index is 617.